The van der Waals surface area contributed by atoms with Crippen LogP contribution in [0.15, 0.2) is 61.4 Å². The molecule has 128 valence electrons. The second-order valence-electron chi connectivity index (χ2n) is 6.28. The maximum atomic E-state index is 6.04. The van der Waals surface area contributed by atoms with Gasteiger partial charge in [-0.2, -0.15) is 5.10 Å². The van der Waals surface area contributed by atoms with Crippen molar-refractivity contribution in [2.75, 3.05) is 6.54 Å². The Labute approximate surface area is 147 Å². The van der Waals surface area contributed by atoms with Gasteiger partial charge in [0.25, 0.3) is 0 Å². The Balaban J connectivity index is 1.48. The van der Waals surface area contributed by atoms with Crippen molar-refractivity contribution in [3.63, 3.8) is 0 Å². The van der Waals surface area contributed by atoms with Gasteiger partial charge in [0, 0.05) is 24.3 Å². The lowest BCUT2D eigenvalue weighted by atomic mass is 10.1. The highest BCUT2D eigenvalue weighted by molar-refractivity contribution is 5.37. The number of ether oxygens (including phenoxy) is 1. The van der Waals surface area contributed by atoms with Crippen molar-refractivity contribution in [3.8, 4) is 11.5 Å². The van der Waals surface area contributed by atoms with E-state index in [0.717, 1.165) is 31.1 Å². The first kappa shape index (κ1) is 15.8. The topological polar surface area (TPSA) is 56.1 Å². The number of hydrogen-bond donors (Lipinski definition) is 0. The van der Waals surface area contributed by atoms with E-state index in [-0.39, 0.29) is 0 Å². The lowest BCUT2D eigenvalue weighted by Crippen LogP contribution is -2.32. The predicted octanol–water partition coefficient (Wildman–Crippen LogP) is 3.13. The third-order valence-electron chi connectivity index (χ3n) is 4.57. The van der Waals surface area contributed by atoms with Crippen molar-refractivity contribution in [3.05, 3.63) is 67.0 Å². The van der Waals surface area contributed by atoms with E-state index in [1.165, 1.54) is 18.4 Å². The summed E-state index contributed by atoms with van der Waals surface area (Å²) in [7, 11) is 0. The van der Waals surface area contributed by atoms with Crippen molar-refractivity contribution in [1.82, 2.24) is 24.6 Å². The van der Waals surface area contributed by atoms with E-state index in [4.69, 9.17) is 4.74 Å². The maximum Gasteiger partial charge on any atom is 0.145 e. The van der Waals surface area contributed by atoms with Crippen LogP contribution in [0, 0.1) is 0 Å². The average molecular weight is 335 g/mol. The van der Waals surface area contributed by atoms with Gasteiger partial charge in [-0.05, 0) is 37.6 Å². The Kier molecular flexibility index (Phi) is 4.70. The summed E-state index contributed by atoms with van der Waals surface area (Å²) in [5.74, 6) is 1.65. The van der Waals surface area contributed by atoms with Crippen molar-refractivity contribution in [2.24, 2.45) is 0 Å². The van der Waals surface area contributed by atoms with Gasteiger partial charge >= 0.3 is 0 Å². The lowest BCUT2D eigenvalue weighted by molar-refractivity contribution is 0.217. The quantitative estimate of drug-likeness (QED) is 0.693. The van der Waals surface area contributed by atoms with Crippen molar-refractivity contribution in [1.29, 1.82) is 0 Å². The number of nitrogens with zero attached hydrogens (tertiary/aromatic N) is 5. The zero-order valence-electron chi connectivity index (χ0n) is 14.0. The normalized spacial score (nSPS) is 17.7. The highest BCUT2D eigenvalue weighted by Gasteiger charge is 2.25. The Morgan fingerprint density at radius 3 is 2.92 bits per heavy atom. The number of rotatable bonds is 6. The fourth-order valence-electron chi connectivity index (χ4n) is 3.34. The molecule has 1 aromatic carbocycles. The number of para-hydroxylation sites is 1. The van der Waals surface area contributed by atoms with Crippen LogP contribution >= 0.6 is 0 Å². The lowest BCUT2D eigenvalue weighted by Gasteiger charge is -2.25. The van der Waals surface area contributed by atoms with E-state index in [1.54, 1.807) is 25.0 Å². The standard InChI is InChI=1S/C19H21N5O/c1-2-8-19(25-18-7-3-9-20-11-18)16(5-1)12-23-10-4-6-17(23)13-24-15-21-14-22-24/h1-3,5,7-9,11,14-15,17H,4,6,10,12-13H2/t17-/m0/s1. The monoisotopic (exact) mass is 335 g/mol. The molecule has 3 aromatic rings. The fourth-order valence-corrected chi connectivity index (χ4v) is 3.34. The fraction of sp³-hybridized carbons (Fsp3) is 0.316. The van der Waals surface area contributed by atoms with Crippen molar-refractivity contribution >= 4 is 0 Å². The van der Waals surface area contributed by atoms with Crippen LogP contribution < -0.4 is 4.74 Å². The summed E-state index contributed by atoms with van der Waals surface area (Å²) in [6.07, 6.45) is 9.26. The third-order valence-corrected chi connectivity index (χ3v) is 4.57. The van der Waals surface area contributed by atoms with Crippen LogP contribution in [0.2, 0.25) is 0 Å². The second-order valence-corrected chi connectivity index (χ2v) is 6.28. The van der Waals surface area contributed by atoms with Gasteiger partial charge in [-0.25, -0.2) is 4.98 Å². The van der Waals surface area contributed by atoms with Crippen LogP contribution in [0.1, 0.15) is 18.4 Å². The van der Waals surface area contributed by atoms with Gasteiger partial charge in [0.05, 0.1) is 12.7 Å². The van der Waals surface area contributed by atoms with Gasteiger partial charge in [0.15, 0.2) is 0 Å². The molecule has 1 atom stereocenters. The number of hydrogen-bond acceptors (Lipinski definition) is 5. The summed E-state index contributed by atoms with van der Waals surface area (Å²) in [4.78, 5) is 10.7. The molecule has 0 radical (unpaired) electrons. The predicted molar refractivity (Wildman–Crippen MR) is 94.2 cm³/mol. The van der Waals surface area contributed by atoms with Crippen LogP contribution in [0.25, 0.3) is 0 Å². The number of pyridine rings is 1. The van der Waals surface area contributed by atoms with Crippen molar-refractivity contribution in [2.45, 2.75) is 32.0 Å². The van der Waals surface area contributed by atoms with E-state index >= 15 is 0 Å². The molecule has 0 saturated carbocycles. The first-order valence-corrected chi connectivity index (χ1v) is 8.61. The second kappa shape index (κ2) is 7.44. The zero-order valence-corrected chi connectivity index (χ0v) is 14.0. The highest BCUT2D eigenvalue weighted by atomic mass is 16.5. The summed E-state index contributed by atoms with van der Waals surface area (Å²) in [5, 5.41) is 4.24. The Morgan fingerprint density at radius 2 is 2.08 bits per heavy atom. The first-order valence-electron chi connectivity index (χ1n) is 8.61. The highest BCUT2D eigenvalue weighted by Crippen LogP contribution is 2.28. The minimum Gasteiger partial charge on any atom is -0.455 e. The van der Waals surface area contributed by atoms with E-state index in [9.17, 15) is 0 Å². The van der Waals surface area contributed by atoms with Crippen molar-refractivity contribution < 1.29 is 4.74 Å². The third kappa shape index (κ3) is 3.85. The molecule has 1 saturated heterocycles. The maximum absolute atomic E-state index is 6.04. The summed E-state index contributed by atoms with van der Waals surface area (Å²) in [6.45, 7) is 2.85. The molecule has 0 bridgehead atoms. The van der Waals surface area contributed by atoms with Crippen LogP contribution in [0.5, 0.6) is 11.5 Å². The van der Waals surface area contributed by atoms with Gasteiger partial charge in [-0.15, -0.1) is 0 Å². The van der Waals surface area contributed by atoms with Gasteiger partial charge in [-0.3, -0.25) is 14.6 Å². The van der Waals surface area contributed by atoms with E-state index in [1.807, 2.05) is 28.9 Å². The molecule has 3 heterocycles. The van der Waals surface area contributed by atoms with Gasteiger partial charge in [0.2, 0.25) is 0 Å². The molecule has 2 aromatic heterocycles. The number of aromatic nitrogens is 4. The van der Waals surface area contributed by atoms with Crippen LogP contribution in [-0.4, -0.2) is 37.2 Å². The molecule has 1 fully saturated rings. The molecule has 0 aliphatic carbocycles. The van der Waals surface area contributed by atoms with E-state index < -0.39 is 0 Å². The minimum absolute atomic E-state index is 0.480. The molecule has 6 heteroatoms. The Morgan fingerprint density at radius 1 is 1.12 bits per heavy atom. The van der Waals surface area contributed by atoms with Gasteiger partial charge in [-0.1, -0.05) is 18.2 Å². The summed E-state index contributed by atoms with van der Waals surface area (Å²) in [6, 6.07) is 12.5. The summed E-state index contributed by atoms with van der Waals surface area (Å²) < 4.78 is 7.96. The molecule has 4 rings (SSSR count). The van der Waals surface area contributed by atoms with Gasteiger partial charge < -0.3 is 4.74 Å². The number of benzene rings is 1. The average Bonchev–Trinajstić information content (AvgIpc) is 3.31. The Hall–Kier alpha value is -2.73. The smallest absolute Gasteiger partial charge is 0.145 e. The summed E-state index contributed by atoms with van der Waals surface area (Å²) >= 11 is 0. The molecular formula is C19H21N5O. The zero-order chi connectivity index (χ0) is 16.9. The molecule has 0 N–H and O–H groups in total. The molecule has 1 aliphatic heterocycles. The molecule has 0 unspecified atom stereocenters. The Bertz CT molecular complexity index is 791. The number of likely N-dealkylation sites (tertiary alicyclic amines) is 1. The van der Waals surface area contributed by atoms with E-state index in [2.05, 4.69) is 32.1 Å². The molecule has 25 heavy (non-hydrogen) atoms. The molecular weight excluding hydrogens is 314 g/mol. The molecule has 0 amide bonds. The van der Waals surface area contributed by atoms with Crippen LogP contribution in [-0.2, 0) is 13.1 Å². The van der Waals surface area contributed by atoms with Gasteiger partial charge in [0.1, 0.15) is 24.2 Å². The molecule has 1 aliphatic rings. The first-order chi connectivity index (χ1) is 12.4. The van der Waals surface area contributed by atoms with E-state index in [0.29, 0.717) is 6.04 Å². The minimum atomic E-state index is 0.480. The molecule has 0 spiro atoms. The SMILES string of the molecule is c1cncc(Oc2ccccc2CN2CCC[C@H]2Cn2cncn2)c1. The van der Waals surface area contributed by atoms with Crippen LogP contribution in [0.4, 0.5) is 0 Å². The molecule has 6 nitrogen and oxygen atoms in total. The summed E-state index contributed by atoms with van der Waals surface area (Å²) in [5.41, 5.74) is 1.19. The van der Waals surface area contributed by atoms with Crippen LogP contribution in [0.3, 0.4) is 0 Å². The largest absolute Gasteiger partial charge is 0.455 e.